The highest BCUT2D eigenvalue weighted by atomic mass is 35.5. The number of allylic oxidation sites excluding steroid dienone is 1. The van der Waals surface area contributed by atoms with Crippen molar-refractivity contribution in [2.24, 2.45) is 0 Å². The van der Waals surface area contributed by atoms with Crippen LogP contribution in [-0.2, 0) is 6.54 Å². The van der Waals surface area contributed by atoms with Crippen molar-refractivity contribution in [1.82, 2.24) is 5.32 Å². The summed E-state index contributed by atoms with van der Waals surface area (Å²) < 4.78 is 5.81. The molecule has 1 N–H and O–H groups in total. The van der Waals surface area contributed by atoms with Crippen LogP contribution in [0, 0.1) is 0 Å². The van der Waals surface area contributed by atoms with Crippen LogP contribution < -0.4 is 10.1 Å². The van der Waals surface area contributed by atoms with E-state index in [2.05, 4.69) is 32.7 Å². The Balaban J connectivity index is 2.65. The Bertz CT molecular complexity index is 410. The predicted molar refractivity (Wildman–Crippen MR) is 83.0 cm³/mol. The number of hydrogen-bond donors (Lipinski definition) is 1. The summed E-state index contributed by atoms with van der Waals surface area (Å²) in [4.78, 5) is 0. The molecule has 0 amide bonds. The summed E-state index contributed by atoms with van der Waals surface area (Å²) in [6.45, 7) is 11.6. The van der Waals surface area contributed by atoms with Crippen molar-refractivity contribution >= 4 is 11.6 Å². The lowest BCUT2D eigenvalue weighted by molar-refractivity contribution is 0.306. The molecule has 0 aliphatic heterocycles. The molecule has 3 heteroatoms. The fourth-order valence-corrected chi connectivity index (χ4v) is 1.79. The standard InChI is InChI=1S/C16H24ClNO/c1-5-6-7-10-19-15-9-8-14(17)11-13(15)12-18-16(2,3)4/h5,8-9,11,18H,1,6-7,10,12H2,2-4H3. The Morgan fingerprint density at radius 3 is 2.74 bits per heavy atom. The molecule has 1 rings (SSSR count). The lowest BCUT2D eigenvalue weighted by Crippen LogP contribution is -2.35. The lowest BCUT2D eigenvalue weighted by Gasteiger charge is -2.21. The van der Waals surface area contributed by atoms with E-state index >= 15 is 0 Å². The van der Waals surface area contributed by atoms with Crippen molar-refractivity contribution in [2.75, 3.05) is 6.61 Å². The molecule has 0 saturated carbocycles. The molecule has 0 heterocycles. The summed E-state index contributed by atoms with van der Waals surface area (Å²) in [6.07, 6.45) is 3.87. The number of benzene rings is 1. The molecule has 0 aromatic heterocycles. The van der Waals surface area contributed by atoms with E-state index < -0.39 is 0 Å². The molecule has 0 aliphatic rings. The van der Waals surface area contributed by atoms with Gasteiger partial charge in [-0.15, -0.1) is 6.58 Å². The maximum absolute atomic E-state index is 6.05. The van der Waals surface area contributed by atoms with E-state index in [0.29, 0.717) is 6.61 Å². The quantitative estimate of drug-likeness (QED) is 0.584. The Hall–Kier alpha value is -0.990. The van der Waals surface area contributed by atoms with Crippen LogP contribution in [0.15, 0.2) is 30.9 Å². The molecule has 0 unspecified atom stereocenters. The smallest absolute Gasteiger partial charge is 0.123 e. The van der Waals surface area contributed by atoms with Crippen LogP contribution >= 0.6 is 11.6 Å². The second-order valence-electron chi connectivity index (χ2n) is 5.63. The van der Waals surface area contributed by atoms with Gasteiger partial charge in [0.1, 0.15) is 5.75 Å². The van der Waals surface area contributed by atoms with Crippen LogP contribution in [0.25, 0.3) is 0 Å². The van der Waals surface area contributed by atoms with E-state index in [-0.39, 0.29) is 5.54 Å². The third-order valence-electron chi connectivity index (χ3n) is 2.64. The third kappa shape index (κ3) is 6.65. The van der Waals surface area contributed by atoms with Crippen molar-refractivity contribution in [1.29, 1.82) is 0 Å². The van der Waals surface area contributed by atoms with Crippen LogP contribution in [0.3, 0.4) is 0 Å². The molecule has 0 aliphatic carbocycles. The monoisotopic (exact) mass is 281 g/mol. The van der Waals surface area contributed by atoms with Gasteiger partial charge in [0.15, 0.2) is 0 Å². The average molecular weight is 282 g/mol. The zero-order valence-corrected chi connectivity index (χ0v) is 12.9. The van der Waals surface area contributed by atoms with Gasteiger partial charge in [0.25, 0.3) is 0 Å². The molecule has 2 nitrogen and oxygen atoms in total. The van der Waals surface area contributed by atoms with Gasteiger partial charge in [0.2, 0.25) is 0 Å². The molecule has 1 aromatic carbocycles. The number of rotatable bonds is 7. The summed E-state index contributed by atoms with van der Waals surface area (Å²) in [6, 6.07) is 5.77. The Kier molecular flexibility index (Phi) is 6.40. The molecule has 19 heavy (non-hydrogen) atoms. The number of unbranched alkanes of at least 4 members (excludes halogenated alkanes) is 1. The van der Waals surface area contributed by atoms with E-state index in [1.54, 1.807) is 0 Å². The van der Waals surface area contributed by atoms with Gasteiger partial charge in [-0.1, -0.05) is 17.7 Å². The molecule has 0 atom stereocenters. The first-order valence-corrected chi connectivity index (χ1v) is 7.07. The maximum Gasteiger partial charge on any atom is 0.123 e. The third-order valence-corrected chi connectivity index (χ3v) is 2.88. The van der Waals surface area contributed by atoms with Crippen LogP contribution in [0.2, 0.25) is 5.02 Å². The number of ether oxygens (including phenoxy) is 1. The minimum atomic E-state index is 0.0719. The second kappa shape index (κ2) is 7.56. The van der Waals surface area contributed by atoms with E-state index in [4.69, 9.17) is 16.3 Å². The van der Waals surface area contributed by atoms with Gasteiger partial charge in [-0.2, -0.15) is 0 Å². The second-order valence-corrected chi connectivity index (χ2v) is 6.07. The van der Waals surface area contributed by atoms with E-state index in [0.717, 1.165) is 35.7 Å². The minimum absolute atomic E-state index is 0.0719. The van der Waals surface area contributed by atoms with Gasteiger partial charge in [-0.3, -0.25) is 0 Å². The molecule has 1 aromatic rings. The molecule has 0 bridgehead atoms. The maximum atomic E-state index is 6.05. The molecule has 106 valence electrons. The largest absolute Gasteiger partial charge is 0.493 e. The fraction of sp³-hybridized carbons (Fsp3) is 0.500. The van der Waals surface area contributed by atoms with Crippen LogP contribution in [-0.4, -0.2) is 12.1 Å². The molecule has 0 spiro atoms. The Morgan fingerprint density at radius 1 is 1.37 bits per heavy atom. The first-order valence-electron chi connectivity index (χ1n) is 6.69. The van der Waals surface area contributed by atoms with Gasteiger partial charge in [0, 0.05) is 22.7 Å². The molecular weight excluding hydrogens is 258 g/mol. The minimum Gasteiger partial charge on any atom is -0.493 e. The Labute approximate surface area is 121 Å². The van der Waals surface area contributed by atoms with Gasteiger partial charge >= 0.3 is 0 Å². The summed E-state index contributed by atoms with van der Waals surface area (Å²) in [5, 5.41) is 4.19. The molecule has 0 radical (unpaired) electrons. The first-order chi connectivity index (χ1) is 8.92. The van der Waals surface area contributed by atoms with Crippen molar-refractivity contribution in [2.45, 2.75) is 45.7 Å². The average Bonchev–Trinajstić information content (AvgIpc) is 2.33. The highest BCUT2D eigenvalue weighted by Crippen LogP contribution is 2.23. The van der Waals surface area contributed by atoms with Crippen molar-refractivity contribution in [3.63, 3.8) is 0 Å². The number of nitrogens with one attached hydrogen (secondary N) is 1. The highest BCUT2D eigenvalue weighted by molar-refractivity contribution is 6.30. The van der Waals surface area contributed by atoms with Gasteiger partial charge in [0.05, 0.1) is 6.61 Å². The summed E-state index contributed by atoms with van der Waals surface area (Å²) in [5.74, 6) is 0.908. The van der Waals surface area contributed by atoms with Crippen LogP contribution in [0.1, 0.15) is 39.2 Å². The fourth-order valence-electron chi connectivity index (χ4n) is 1.60. The van der Waals surface area contributed by atoms with Crippen LogP contribution in [0.4, 0.5) is 0 Å². The van der Waals surface area contributed by atoms with Crippen molar-refractivity contribution < 1.29 is 4.74 Å². The molecule has 0 fully saturated rings. The normalized spacial score (nSPS) is 11.4. The van der Waals surface area contributed by atoms with Crippen LogP contribution in [0.5, 0.6) is 5.75 Å². The highest BCUT2D eigenvalue weighted by Gasteiger charge is 2.11. The van der Waals surface area contributed by atoms with Gasteiger partial charge in [-0.25, -0.2) is 0 Å². The van der Waals surface area contributed by atoms with Crippen molar-refractivity contribution in [3.8, 4) is 5.75 Å². The topological polar surface area (TPSA) is 21.3 Å². The van der Waals surface area contributed by atoms with Gasteiger partial charge < -0.3 is 10.1 Å². The molecule has 0 saturated heterocycles. The van der Waals surface area contributed by atoms with E-state index in [9.17, 15) is 0 Å². The summed E-state index contributed by atoms with van der Waals surface area (Å²) >= 11 is 6.05. The van der Waals surface area contributed by atoms with E-state index in [1.165, 1.54) is 0 Å². The SMILES string of the molecule is C=CCCCOc1ccc(Cl)cc1CNC(C)(C)C. The van der Waals surface area contributed by atoms with Gasteiger partial charge in [-0.05, 0) is 51.8 Å². The van der Waals surface area contributed by atoms with E-state index in [1.807, 2.05) is 24.3 Å². The summed E-state index contributed by atoms with van der Waals surface area (Å²) in [7, 11) is 0. The molecular formula is C16H24ClNO. The summed E-state index contributed by atoms with van der Waals surface area (Å²) in [5.41, 5.74) is 1.17. The predicted octanol–water partition coefficient (Wildman–Crippen LogP) is 4.57. The number of halogens is 1. The zero-order valence-electron chi connectivity index (χ0n) is 12.1. The zero-order chi connectivity index (χ0) is 14.3. The number of hydrogen-bond acceptors (Lipinski definition) is 2. The van der Waals surface area contributed by atoms with Crippen molar-refractivity contribution in [3.05, 3.63) is 41.4 Å². The first kappa shape index (κ1) is 16.1. The lowest BCUT2D eigenvalue weighted by atomic mass is 10.1. The Morgan fingerprint density at radius 2 is 2.11 bits per heavy atom.